The molecule has 0 saturated heterocycles. The van der Waals surface area contributed by atoms with Gasteiger partial charge < -0.3 is 0 Å². The second-order valence-corrected chi connectivity index (χ2v) is 3.95. The predicted molar refractivity (Wildman–Crippen MR) is 52.4 cm³/mol. The summed E-state index contributed by atoms with van der Waals surface area (Å²) in [7, 11) is 0. The van der Waals surface area contributed by atoms with Crippen molar-refractivity contribution in [1.29, 1.82) is 0 Å². The van der Waals surface area contributed by atoms with Crippen LogP contribution in [0.2, 0.25) is 0 Å². The number of rotatable bonds is 2. The van der Waals surface area contributed by atoms with Crippen molar-refractivity contribution in [2.24, 2.45) is 5.92 Å². The maximum Gasteiger partial charge on any atom is 0.358 e. The van der Waals surface area contributed by atoms with Crippen molar-refractivity contribution in [2.45, 2.75) is 25.7 Å². The van der Waals surface area contributed by atoms with Gasteiger partial charge in [-0.2, -0.15) is 0 Å². The Bertz CT molecular complexity index is 357. The van der Waals surface area contributed by atoms with E-state index in [1.54, 1.807) is 6.92 Å². The third-order valence-electron chi connectivity index (χ3n) is 3.15. The summed E-state index contributed by atoms with van der Waals surface area (Å²) in [4.78, 5) is 10.8. The highest BCUT2D eigenvalue weighted by molar-refractivity contribution is 5.71. The van der Waals surface area contributed by atoms with Crippen LogP contribution in [0.15, 0.2) is 24.3 Å². The minimum absolute atomic E-state index is 0.149. The van der Waals surface area contributed by atoms with E-state index in [-0.39, 0.29) is 11.8 Å². The average molecular weight is 189 g/mol. The Balaban J connectivity index is 2.30. The highest BCUT2D eigenvalue weighted by Crippen LogP contribution is 2.38. The molecule has 2 unspecified atom stereocenters. The standard InChI is InChI=1S/C12H13O2/c1-8(12(13)14)10-7-6-9-4-2-3-5-11(9)10/h2-5,8,10H,6-7H2,1H3. The van der Waals surface area contributed by atoms with E-state index in [9.17, 15) is 9.90 Å². The first-order valence-corrected chi connectivity index (χ1v) is 4.99. The molecule has 1 aliphatic carbocycles. The van der Waals surface area contributed by atoms with Crippen LogP contribution < -0.4 is 0 Å². The number of carbonyl (C=O) groups excluding carboxylic acids is 1. The van der Waals surface area contributed by atoms with Crippen molar-refractivity contribution in [1.82, 2.24) is 0 Å². The number of hydrogen-bond acceptors (Lipinski definition) is 1. The first kappa shape index (κ1) is 9.25. The molecular formula is C12H13O2. The molecule has 1 aromatic rings. The summed E-state index contributed by atoms with van der Waals surface area (Å²) in [5.41, 5.74) is 2.50. The van der Waals surface area contributed by atoms with Gasteiger partial charge in [0.15, 0.2) is 0 Å². The lowest BCUT2D eigenvalue weighted by atomic mass is 9.89. The molecule has 2 rings (SSSR count). The summed E-state index contributed by atoms with van der Waals surface area (Å²) in [6.07, 6.45) is 1.94. The van der Waals surface area contributed by atoms with Gasteiger partial charge in [0.05, 0.1) is 5.92 Å². The lowest BCUT2D eigenvalue weighted by molar-refractivity contribution is -0.148. The highest BCUT2D eigenvalue weighted by atomic mass is 16.4. The summed E-state index contributed by atoms with van der Waals surface area (Å²) in [5, 5.41) is 10.8. The van der Waals surface area contributed by atoms with Gasteiger partial charge in [0.1, 0.15) is 0 Å². The van der Waals surface area contributed by atoms with E-state index < -0.39 is 5.97 Å². The zero-order chi connectivity index (χ0) is 10.1. The molecule has 0 N–H and O–H groups in total. The second kappa shape index (κ2) is 3.45. The summed E-state index contributed by atoms with van der Waals surface area (Å²) >= 11 is 0. The van der Waals surface area contributed by atoms with Crippen LogP contribution in [-0.4, -0.2) is 5.97 Å². The number of fused-ring (bicyclic) bond motifs is 1. The minimum atomic E-state index is -0.938. The smallest absolute Gasteiger partial charge is 0.247 e. The van der Waals surface area contributed by atoms with Gasteiger partial charge in [-0.15, -0.1) is 0 Å². The van der Waals surface area contributed by atoms with E-state index in [4.69, 9.17) is 0 Å². The van der Waals surface area contributed by atoms with E-state index in [0.717, 1.165) is 12.8 Å². The SMILES string of the molecule is CC(C([O])=O)C1CCc2ccccc21. The molecule has 1 radical (unpaired) electrons. The Kier molecular flexibility index (Phi) is 2.28. The van der Waals surface area contributed by atoms with E-state index in [2.05, 4.69) is 6.07 Å². The van der Waals surface area contributed by atoms with E-state index >= 15 is 0 Å². The zero-order valence-electron chi connectivity index (χ0n) is 8.19. The first-order chi connectivity index (χ1) is 6.70. The minimum Gasteiger partial charge on any atom is -0.247 e. The topological polar surface area (TPSA) is 37.0 Å². The lowest BCUT2D eigenvalue weighted by Gasteiger charge is -2.14. The molecule has 1 aromatic carbocycles. The van der Waals surface area contributed by atoms with Crippen LogP contribution in [0.5, 0.6) is 0 Å². The third-order valence-corrected chi connectivity index (χ3v) is 3.15. The lowest BCUT2D eigenvalue weighted by Crippen LogP contribution is -2.15. The van der Waals surface area contributed by atoms with Crippen molar-refractivity contribution in [2.75, 3.05) is 0 Å². The molecule has 0 aromatic heterocycles. The van der Waals surface area contributed by atoms with Gasteiger partial charge in [-0.1, -0.05) is 31.2 Å². The molecule has 0 saturated carbocycles. The second-order valence-electron chi connectivity index (χ2n) is 3.95. The Morgan fingerprint density at radius 2 is 2.14 bits per heavy atom. The monoisotopic (exact) mass is 189 g/mol. The summed E-state index contributed by atoms with van der Waals surface area (Å²) in [5.74, 6) is -1.17. The highest BCUT2D eigenvalue weighted by Gasteiger charge is 2.31. The van der Waals surface area contributed by atoms with Gasteiger partial charge in [-0.3, -0.25) is 0 Å². The van der Waals surface area contributed by atoms with Crippen LogP contribution in [0.3, 0.4) is 0 Å². The van der Waals surface area contributed by atoms with Gasteiger partial charge in [0.25, 0.3) is 0 Å². The van der Waals surface area contributed by atoms with E-state index in [1.165, 1.54) is 11.1 Å². The van der Waals surface area contributed by atoms with Gasteiger partial charge >= 0.3 is 5.97 Å². The molecule has 0 spiro atoms. The molecule has 73 valence electrons. The maximum absolute atomic E-state index is 10.8. The van der Waals surface area contributed by atoms with Gasteiger partial charge in [-0.05, 0) is 29.9 Å². The van der Waals surface area contributed by atoms with Crippen LogP contribution in [0.4, 0.5) is 0 Å². The van der Waals surface area contributed by atoms with Crippen LogP contribution in [0, 0.1) is 5.92 Å². The molecule has 0 aliphatic heterocycles. The van der Waals surface area contributed by atoms with E-state index in [1.807, 2.05) is 18.2 Å². The molecule has 0 bridgehead atoms. The fourth-order valence-corrected chi connectivity index (χ4v) is 2.27. The summed E-state index contributed by atoms with van der Waals surface area (Å²) in [6.45, 7) is 1.74. The molecule has 0 heterocycles. The van der Waals surface area contributed by atoms with Gasteiger partial charge in [0, 0.05) is 0 Å². The Morgan fingerprint density at radius 3 is 2.86 bits per heavy atom. The quantitative estimate of drug-likeness (QED) is 0.703. The average Bonchev–Trinajstić information content (AvgIpc) is 2.60. The fourth-order valence-electron chi connectivity index (χ4n) is 2.27. The third kappa shape index (κ3) is 1.41. The van der Waals surface area contributed by atoms with Crippen molar-refractivity contribution in [3.63, 3.8) is 0 Å². The molecule has 2 heteroatoms. The van der Waals surface area contributed by atoms with Crippen molar-refractivity contribution < 1.29 is 9.90 Å². The summed E-state index contributed by atoms with van der Waals surface area (Å²) in [6, 6.07) is 8.09. The first-order valence-electron chi connectivity index (χ1n) is 4.99. The number of benzene rings is 1. The number of hydrogen-bond donors (Lipinski definition) is 0. The molecule has 2 nitrogen and oxygen atoms in total. The Labute approximate surface area is 83.6 Å². The largest absolute Gasteiger partial charge is 0.358 e. The van der Waals surface area contributed by atoms with E-state index in [0.29, 0.717) is 0 Å². The molecular weight excluding hydrogens is 176 g/mol. The Morgan fingerprint density at radius 1 is 1.43 bits per heavy atom. The summed E-state index contributed by atoms with van der Waals surface area (Å²) < 4.78 is 0. The fraction of sp³-hybridized carbons (Fsp3) is 0.417. The van der Waals surface area contributed by atoms with Crippen molar-refractivity contribution in [3.8, 4) is 0 Å². The van der Waals surface area contributed by atoms with Crippen molar-refractivity contribution in [3.05, 3.63) is 35.4 Å². The molecule has 14 heavy (non-hydrogen) atoms. The number of carbonyl (C=O) groups is 1. The normalized spacial score (nSPS) is 21.6. The number of aryl methyl sites for hydroxylation is 1. The maximum atomic E-state index is 10.8. The zero-order valence-corrected chi connectivity index (χ0v) is 8.19. The predicted octanol–water partition coefficient (Wildman–Crippen LogP) is 2.31. The van der Waals surface area contributed by atoms with Gasteiger partial charge in [0.2, 0.25) is 0 Å². The molecule has 0 fully saturated rings. The van der Waals surface area contributed by atoms with Crippen molar-refractivity contribution >= 4 is 5.97 Å². The van der Waals surface area contributed by atoms with Gasteiger partial charge in [-0.25, -0.2) is 9.90 Å². The molecule has 0 amide bonds. The van der Waals surface area contributed by atoms with Crippen LogP contribution >= 0.6 is 0 Å². The molecule has 1 aliphatic rings. The van der Waals surface area contributed by atoms with Crippen LogP contribution in [0.1, 0.15) is 30.4 Å². The van der Waals surface area contributed by atoms with Crippen LogP contribution in [-0.2, 0) is 16.3 Å². The Hall–Kier alpha value is -1.31. The van der Waals surface area contributed by atoms with Crippen LogP contribution in [0.25, 0.3) is 0 Å². The molecule has 2 atom stereocenters.